The van der Waals surface area contributed by atoms with Crippen molar-refractivity contribution in [3.63, 3.8) is 0 Å². The molecule has 0 atom stereocenters. The van der Waals surface area contributed by atoms with Crippen LogP contribution < -0.4 is 9.47 Å². The van der Waals surface area contributed by atoms with Crippen LogP contribution in [0.3, 0.4) is 0 Å². The van der Waals surface area contributed by atoms with Crippen LogP contribution in [-0.2, 0) is 0 Å². The van der Waals surface area contributed by atoms with Gasteiger partial charge in [-0.3, -0.25) is 0 Å². The van der Waals surface area contributed by atoms with Crippen molar-refractivity contribution >= 4 is 5.97 Å². The largest absolute Gasteiger partial charge is 0.494 e. The number of carbonyl (C=O) groups excluding carboxylic acids is 1. The lowest BCUT2D eigenvalue weighted by molar-refractivity contribution is 0.0734. The third kappa shape index (κ3) is 5.98. The minimum Gasteiger partial charge on any atom is -0.494 e. The van der Waals surface area contributed by atoms with Crippen LogP contribution >= 0.6 is 0 Å². The Balaban J connectivity index is 1.34. The number of rotatable bonds is 8. The Labute approximate surface area is 196 Å². The van der Waals surface area contributed by atoms with E-state index in [9.17, 15) is 4.79 Å². The second-order valence-electron chi connectivity index (χ2n) is 8.72. The SMILES string of the molecule is CCCC1CCC(c2cnc(-c3ccc(OC(=O)c4ccc(OCC)cc4)cc3)nc2)CC1. The van der Waals surface area contributed by atoms with E-state index in [1.807, 2.05) is 31.5 Å². The van der Waals surface area contributed by atoms with Crippen molar-refractivity contribution in [1.82, 2.24) is 9.97 Å². The molecule has 2 aromatic carbocycles. The van der Waals surface area contributed by atoms with E-state index in [2.05, 4.69) is 16.9 Å². The summed E-state index contributed by atoms with van der Waals surface area (Å²) in [4.78, 5) is 21.6. The molecule has 3 aromatic rings. The Morgan fingerprint density at radius 2 is 1.52 bits per heavy atom. The van der Waals surface area contributed by atoms with Crippen molar-refractivity contribution in [2.75, 3.05) is 6.61 Å². The third-order valence-electron chi connectivity index (χ3n) is 6.41. The fourth-order valence-corrected chi connectivity index (χ4v) is 4.58. The minimum absolute atomic E-state index is 0.403. The summed E-state index contributed by atoms with van der Waals surface area (Å²) in [5.41, 5.74) is 2.62. The molecule has 5 nitrogen and oxygen atoms in total. The lowest BCUT2D eigenvalue weighted by Crippen LogP contribution is -2.13. The summed E-state index contributed by atoms with van der Waals surface area (Å²) < 4.78 is 10.9. The van der Waals surface area contributed by atoms with E-state index in [0.717, 1.165) is 17.2 Å². The Morgan fingerprint density at radius 3 is 2.12 bits per heavy atom. The smallest absolute Gasteiger partial charge is 0.343 e. The van der Waals surface area contributed by atoms with Crippen LogP contribution in [0.2, 0.25) is 0 Å². The molecule has 1 aromatic heterocycles. The fourth-order valence-electron chi connectivity index (χ4n) is 4.58. The lowest BCUT2D eigenvalue weighted by atomic mass is 9.78. The van der Waals surface area contributed by atoms with Crippen LogP contribution in [0.5, 0.6) is 11.5 Å². The van der Waals surface area contributed by atoms with Crippen molar-refractivity contribution in [2.24, 2.45) is 5.92 Å². The molecule has 0 amide bonds. The maximum Gasteiger partial charge on any atom is 0.343 e. The lowest BCUT2D eigenvalue weighted by Gasteiger charge is -2.28. The number of hydrogen-bond acceptors (Lipinski definition) is 5. The maximum atomic E-state index is 12.4. The van der Waals surface area contributed by atoms with Crippen molar-refractivity contribution in [3.8, 4) is 22.9 Å². The van der Waals surface area contributed by atoms with E-state index in [4.69, 9.17) is 9.47 Å². The first-order valence-electron chi connectivity index (χ1n) is 12.0. The molecule has 0 bridgehead atoms. The summed E-state index contributed by atoms with van der Waals surface area (Å²) in [6.07, 6.45) is 11.7. The first-order valence-corrected chi connectivity index (χ1v) is 12.0. The monoisotopic (exact) mass is 444 g/mol. The van der Waals surface area contributed by atoms with Gasteiger partial charge in [-0.1, -0.05) is 19.8 Å². The summed E-state index contributed by atoms with van der Waals surface area (Å²) in [5.74, 6) is 2.97. The van der Waals surface area contributed by atoms with Gasteiger partial charge >= 0.3 is 5.97 Å². The summed E-state index contributed by atoms with van der Waals surface area (Å²) >= 11 is 0. The molecule has 33 heavy (non-hydrogen) atoms. The van der Waals surface area contributed by atoms with Gasteiger partial charge in [-0.25, -0.2) is 14.8 Å². The zero-order valence-electron chi connectivity index (χ0n) is 19.5. The number of benzene rings is 2. The van der Waals surface area contributed by atoms with Gasteiger partial charge in [-0.15, -0.1) is 0 Å². The number of aromatic nitrogens is 2. The Bertz CT molecular complexity index is 1020. The third-order valence-corrected chi connectivity index (χ3v) is 6.41. The quantitative estimate of drug-likeness (QED) is 0.281. The first-order chi connectivity index (χ1) is 16.2. The van der Waals surface area contributed by atoms with E-state index in [1.54, 1.807) is 36.4 Å². The summed E-state index contributed by atoms with van der Waals surface area (Å²) in [5, 5.41) is 0. The van der Waals surface area contributed by atoms with Crippen LogP contribution in [0.15, 0.2) is 60.9 Å². The highest BCUT2D eigenvalue weighted by molar-refractivity contribution is 5.91. The predicted octanol–water partition coefficient (Wildman–Crippen LogP) is 6.84. The molecule has 0 spiro atoms. The average molecular weight is 445 g/mol. The fraction of sp³-hybridized carbons (Fsp3) is 0.393. The molecule has 1 fully saturated rings. The van der Waals surface area contributed by atoms with E-state index >= 15 is 0 Å². The molecular formula is C28H32N2O3. The van der Waals surface area contributed by atoms with Gasteiger partial charge in [0.05, 0.1) is 12.2 Å². The highest BCUT2D eigenvalue weighted by Crippen LogP contribution is 2.37. The normalized spacial score (nSPS) is 18.0. The first kappa shape index (κ1) is 23.0. The van der Waals surface area contributed by atoms with Crippen molar-refractivity contribution in [3.05, 3.63) is 72.1 Å². The van der Waals surface area contributed by atoms with Gasteiger partial charge in [0, 0.05) is 18.0 Å². The number of nitrogens with zero attached hydrogens (tertiary/aromatic N) is 2. The number of carbonyl (C=O) groups is 1. The molecule has 172 valence electrons. The van der Waals surface area contributed by atoms with Gasteiger partial charge < -0.3 is 9.47 Å². The van der Waals surface area contributed by atoms with Crippen LogP contribution in [0, 0.1) is 5.92 Å². The highest BCUT2D eigenvalue weighted by atomic mass is 16.5. The van der Waals surface area contributed by atoms with Crippen LogP contribution in [0.4, 0.5) is 0 Å². The molecule has 0 radical (unpaired) electrons. The molecule has 1 saturated carbocycles. The van der Waals surface area contributed by atoms with E-state index in [1.165, 1.54) is 44.1 Å². The zero-order valence-corrected chi connectivity index (χ0v) is 19.5. The number of ether oxygens (including phenoxy) is 2. The van der Waals surface area contributed by atoms with Gasteiger partial charge in [0.25, 0.3) is 0 Å². The predicted molar refractivity (Wildman–Crippen MR) is 130 cm³/mol. The maximum absolute atomic E-state index is 12.4. The minimum atomic E-state index is -0.403. The van der Waals surface area contributed by atoms with Gasteiger partial charge in [-0.2, -0.15) is 0 Å². The van der Waals surface area contributed by atoms with Gasteiger partial charge in [-0.05, 0) is 98.5 Å². The van der Waals surface area contributed by atoms with E-state index in [-0.39, 0.29) is 0 Å². The number of esters is 1. The molecule has 1 aliphatic carbocycles. The second-order valence-corrected chi connectivity index (χ2v) is 8.72. The van der Waals surface area contributed by atoms with E-state index in [0.29, 0.717) is 29.7 Å². The van der Waals surface area contributed by atoms with Gasteiger partial charge in [0.15, 0.2) is 5.82 Å². The summed E-state index contributed by atoms with van der Waals surface area (Å²) in [6.45, 7) is 4.78. The molecule has 0 aliphatic heterocycles. The van der Waals surface area contributed by atoms with Crippen molar-refractivity contribution in [2.45, 2.75) is 58.3 Å². The standard InChI is InChI=1S/C28H32N2O3/c1-3-5-20-6-8-21(9-7-20)24-18-29-27(30-19-24)22-10-16-26(17-11-22)33-28(31)23-12-14-25(15-13-23)32-4-2/h10-21H,3-9H2,1-2H3. The topological polar surface area (TPSA) is 61.3 Å². The molecule has 4 rings (SSSR count). The molecule has 1 aliphatic rings. The second kappa shape index (κ2) is 11.1. The van der Waals surface area contributed by atoms with E-state index < -0.39 is 5.97 Å². The molecule has 0 saturated heterocycles. The molecule has 0 N–H and O–H groups in total. The van der Waals surface area contributed by atoms with Crippen LogP contribution in [0.25, 0.3) is 11.4 Å². The van der Waals surface area contributed by atoms with Crippen molar-refractivity contribution < 1.29 is 14.3 Å². The summed E-state index contributed by atoms with van der Waals surface area (Å²) in [6, 6.07) is 14.2. The Morgan fingerprint density at radius 1 is 0.879 bits per heavy atom. The molecule has 5 heteroatoms. The average Bonchev–Trinajstić information content (AvgIpc) is 2.86. The van der Waals surface area contributed by atoms with Crippen molar-refractivity contribution in [1.29, 1.82) is 0 Å². The summed E-state index contributed by atoms with van der Waals surface area (Å²) in [7, 11) is 0. The number of hydrogen-bond donors (Lipinski definition) is 0. The molecular weight excluding hydrogens is 412 g/mol. The zero-order chi connectivity index (χ0) is 23.0. The Kier molecular flexibility index (Phi) is 7.71. The molecule has 0 unspecified atom stereocenters. The van der Waals surface area contributed by atoms with Gasteiger partial charge in [0.2, 0.25) is 0 Å². The highest BCUT2D eigenvalue weighted by Gasteiger charge is 2.22. The molecule has 1 heterocycles. The van der Waals surface area contributed by atoms with Crippen LogP contribution in [-0.4, -0.2) is 22.5 Å². The van der Waals surface area contributed by atoms with Crippen LogP contribution in [0.1, 0.15) is 74.2 Å². The van der Waals surface area contributed by atoms with Gasteiger partial charge in [0.1, 0.15) is 11.5 Å². The Hall–Kier alpha value is -3.21.